The molecule has 0 saturated carbocycles. The monoisotopic (exact) mass is 394 g/mol. The van der Waals surface area contributed by atoms with E-state index < -0.39 is 9.84 Å². The van der Waals surface area contributed by atoms with E-state index in [1.165, 1.54) is 0 Å². The van der Waals surface area contributed by atoms with Crippen LogP contribution in [0.4, 0.5) is 0 Å². The summed E-state index contributed by atoms with van der Waals surface area (Å²) in [6.07, 6.45) is 3.88. The molecule has 0 aromatic heterocycles. The molecule has 0 aliphatic rings. The van der Waals surface area contributed by atoms with Crippen molar-refractivity contribution in [3.63, 3.8) is 0 Å². The molecule has 5 heteroatoms. The average molecular weight is 396 g/mol. The summed E-state index contributed by atoms with van der Waals surface area (Å²) < 4.78 is 25.1. The molecule has 0 saturated heterocycles. The van der Waals surface area contributed by atoms with Gasteiger partial charge in [-0.2, -0.15) is 0 Å². The van der Waals surface area contributed by atoms with Crippen molar-refractivity contribution in [1.29, 1.82) is 0 Å². The van der Waals surface area contributed by atoms with E-state index in [2.05, 4.69) is 29.8 Å². The molecule has 0 aliphatic heterocycles. The smallest absolute Gasteiger partial charge is 0.155 e. The Hall–Kier alpha value is -0.0600. The van der Waals surface area contributed by atoms with E-state index in [1.54, 1.807) is 24.3 Å². The molecule has 0 aliphatic carbocycles. The first-order valence-electron chi connectivity index (χ1n) is 7.37. The van der Waals surface area contributed by atoms with Crippen LogP contribution in [-0.4, -0.2) is 19.5 Å². The minimum Gasteiger partial charge on any atom is -0.228 e. The van der Waals surface area contributed by atoms with Crippen LogP contribution in [0.5, 0.6) is 0 Å². The Kier molecular flexibility index (Phi) is 7.72. The van der Waals surface area contributed by atoms with Gasteiger partial charge in [-0.15, -0.1) is 0 Å². The summed E-state index contributed by atoms with van der Waals surface area (Å²) in [7, 11) is -3.13. The minimum atomic E-state index is -3.13. The Bertz CT molecular complexity index is 520. The number of hydrogen-bond donors (Lipinski definition) is 0. The van der Waals surface area contributed by atoms with E-state index in [-0.39, 0.29) is 16.9 Å². The van der Waals surface area contributed by atoms with Gasteiger partial charge in [-0.3, -0.25) is 0 Å². The van der Waals surface area contributed by atoms with Crippen molar-refractivity contribution in [2.45, 2.75) is 45.3 Å². The van der Waals surface area contributed by atoms with Gasteiger partial charge in [0.15, 0.2) is 9.84 Å². The van der Waals surface area contributed by atoms with Crippen molar-refractivity contribution in [3.05, 3.63) is 34.9 Å². The molecule has 0 spiro atoms. The lowest BCUT2D eigenvalue weighted by Gasteiger charge is -2.31. The highest BCUT2D eigenvalue weighted by molar-refractivity contribution is 9.09. The molecule has 0 radical (unpaired) electrons. The Morgan fingerprint density at radius 2 is 1.62 bits per heavy atom. The highest BCUT2D eigenvalue weighted by Crippen LogP contribution is 2.34. The van der Waals surface area contributed by atoms with Crippen LogP contribution in [0.1, 0.15) is 45.1 Å². The van der Waals surface area contributed by atoms with E-state index in [0.717, 1.165) is 36.6 Å². The van der Waals surface area contributed by atoms with Gasteiger partial charge in [0.25, 0.3) is 0 Å². The summed E-state index contributed by atoms with van der Waals surface area (Å²) in [4.78, 5) is 0. The highest BCUT2D eigenvalue weighted by atomic mass is 79.9. The fraction of sp³-hybridized carbons (Fsp3) is 0.625. The predicted molar refractivity (Wildman–Crippen MR) is 95.0 cm³/mol. The molecule has 1 aromatic rings. The first kappa shape index (κ1) is 19.0. The van der Waals surface area contributed by atoms with Gasteiger partial charge >= 0.3 is 0 Å². The topological polar surface area (TPSA) is 34.1 Å². The summed E-state index contributed by atoms with van der Waals surface area (Å²) in [5.74, 6) is 0.335. The maximum absolute atomic E-state index is 12.6. The fourth-order valence-corrected chi connectivity index (χ4v) is 6.13. The van der Waals surface area contributed by atoms with Gasteiger partial charge in [-0.05, 0) is 36.0 Å². The zero-order valence-corrected chi connectivity index (χ0v) is 15.9. The van der Waals surface area contributed by atoms with Gasteiger partial charge in [0.05, 0.1) is 11.5 Å². The molecule has 0 atom stereocenters. The van der Waals surface area contributed by atoms with Crippen molar-refractivity contribution in [2.75, 3.05) is 11.1 Å². The van der Waals surface area contributed by atoms with E-state index in [9.17, 15) is 8.42 Å². The fourth-order valence-electron chi connectivity index (χ4n) is 2.85. The van der Waals surface area contributed by atoms with Crippen molar-refractivity contribution >= 4 is 37.4 Å². The number of hydrogen-bond acceptors (Lipinski definition) is 2. The normalized spacial score (nSPS) is 12.6. The van der Waals surface area contributed by atoms with Crippen LogP contribution < -0.4 is 0 Å². The highest BCUT2D eigenvalue weighted by Gasteiger charge is 2.33. The summed E-state index contributed by atoms with van der Waals surface area (Å²) in [6.45, 7) is 4.22. The average Bonchev–Trinajstić information content (AvgIpc) is 2.41. The Balaban J connectivity index is 2.87. The lowest BCUT2D eigenvalue weighted by Crippen LogP contribution is -2.32. The minimum absolute atomic E-state index is 0.0896. The van der Waals surface area contributed by atoms with Crippen LogP contribution in [0.2, 0.25) is 5.02 Å². The van der Waals surface area contributed by atoms with Crippen LogP contribution in [0, 0.1) is 5.41 Å². The number of benzene rings is 1. The van der Waals surface area contributed by atoms with Gasteiger partial charge in [0.1, 0.15) is 0 Å². The standard InChI is InChI=1S/C16H24BrClO2S/c1-3-9-16(12-17,10-4-2)13-21(19,20)11-14-5-7-15(18)8-6-14/h5-8H,3-4,9-13H2,1-2H3. The second kappa shape index (κ2) is 8.54. The molecule has 0 bridgehead atoms. The first-order valence-corrected chi connectivity index (χ1v) is 10.7. The second-order valence-corrected chi connectivity index (χ2v) is 8.85. The molecule has 0 heterocycles. The van der Waals surface area contributed by atoms with Gasteiger partial charge < -0.3 is 0 Å². The summed E-state index contributed by atoms with van der Waals surface area (Å²) in [5, 5.41) is 1.37. The van der Waals surface area contributed by atoms with Crippen molar-refractivity contribution in [1.82, 2.24) is 0 Å². The summed E-state index contributed by atoms with van der Waals surface area (Å²) >= 11 is 9.38. The van der Waals surface area contributed by atoms with Gasteiger partial charge in [-0.1, -0.05) is 66.4 Å². The van der Waals surface area contributed by atoms with E-state index >= 15 is 0 Å². The second-order valence-electron chi connectivity index (χ2n) is 5.79. The number of halogens is 2. The first-order chi connectivity index (χ1) is 9.86. The number of alkyl halides is 1. The van der Waals surface area contributed by atoms with Crippen LogP contribution in [-0.2, 0) is 15.6 Å². The zero-order valence-electron chi connectivity index (χ0n) is 12.7. The van der Waals surface area contributed by atoms with E-state index in [0.29, 0.717) is 5.02 Å². The van der Waals surface area contributed by atoms with Crippen molar-refractivity contribution in [3.8, 4) is 0 Å². The lowest BCUT2D eigenvalue weighted by molar-refractivity contribution is 0.313. The molecule has 21 heavy (non-hydrogen) atoms. The molecule has 2 nitrogen and oxygen atoms in total. The molecular formula is C16H24BrClO2S. The Labute approximate surface area is 142 Å². The summed E-state index contributed by atoms with van der Waals surface area (Å²) in [6, 6.07) is 7.05. The van der Waals surface area contributed by atoms with E-state index in [1.807, 2.05) is 0 Å². The molecule has 0 unspecified atom stereocenters. The lowest BCUT2D eigenvalue weighted by atomic mass is 9.83. The van der Waals surface area contributed by atoms with Crippen LogP contribution >= 0.6 is 27.5 Å². The SMILES string of the molecule is CCCC(CBr)(CCC)CS(=O)(=O)Cc1ccc(Cl)cc1. The third-order valence-electron chi connectivity index (χ3n) is 3.67. The van der Waals surface area contributed by atoms with Crippen molar-refractivity contribution < 1.29 is 8.42 Å². The molecular weight excluding hydrogens is 372 g/mol. The van der Waals surface area contributed by atoms with Crippen LogP contribution in [0.15, 0.2) is 24.3 Å². The third-order valence-corrected chi connectivity index (χ3v) is 6.94. The van der Waals surface area contributed by atoms with Gasteiger partial charge in [0.2, 0.25) is 0 Å². The maximum atomic E-state index is 12.6. The van der Waals surface area contributed by atoms with E-state index in [4.69, 9.17) is 11.6 Å². The quantitative estimate of drug-likeness (QED) is 0.536. The molecule has 0 N–H and O–H groups in total. The van der Waals surface area contributed by atoms with Crippen molar-refractivity contribution in [2.24, 2.45) is 5.41 Å². The maximum Gasteiger partial charge on any atom is 0.155 e. The molecule has 1 rings (SSSR count). The number of rotatable bonds is 9. The predicted octanol–water partition coefficient (Wildman–Crippen LogP) is 5.24. The Morgan fingerprint density at radius 3 is 2.05 bits per heavy atom. The molecule has 0 fully saturated rings. The Morgan fingerprint density at radius 1 is 1.10 bits per heavy atom. The molecule has 1 aromatic carbocycles. The van der Waals surface area contributed by atoms with Gasteiger partial charge in [0, 0.05) is 10.4 Å². The van der Waals surface area contributed by atoms with Crippen LogP contribution in [0.25, 0.3) is 0 Å². The third kappa shape index (κ3) is 6.29. The molecule has 120 valence electrons. The summed E-state index contributed by atoms with van der Waals surface area (Å²) in [5.41, 5.74) is 0.658. The van der Waals surface area contributed by atoms with Gasteiger partial charge in [-0.25, -0.2) is 8.42 Å². The van der Waals surface area contributed by atoms with Crippen LogP contribution in [0.3, 0.4) is 0 Å². The zero-order chi connectivity index (χ0) is 15.9. The number of sulfone groups is 1. The largest absolute Gasteiger partial charge is 0.228 e. The molecule has 0 amide bonds.